The predicted molar refractivity (Wildman–Crippen MR) is 88.7 cm³/mol. The highest BCUT2D eigenvalue weighted by Crippen LogP contribution is 2.27. The van der Waals surface area contributed by atoms with Gasteiger partial charge in [-0.1, -0.05) is 48.5 Å². The number of para-hydroxylation sites is 1. The van der Waals surface area contributed by atoms with Crippen LogP contribution >= 0.6 is 0 Å². The Balaban J connectivity index is 1.71. The summed E-state index contributed by atoms with van der Waals surface area (Å²) in [4.78, 5) is 23.7. The highest BCUT2D eigenvalue weighted by atomic mass is 16.5. The molecule has 1 aliphatic heterocycles. The summed E-state index contributed by atoms with van der Waals surface area (Å²) < 4.78 is 5.65. The first kappa shape index (κ1) is 16.1. The Morgan fingerprint density at radius 1 is 1.12 bits per heavy atom. The summed E-state index contributed by atoms with van der Waals surface area (Å²) in [6, 6.07) is 16.3. The smallest absolute Gasteiger partial charge is 0.305 e. The molecule has 2 N–H and O–H groups in total. The molecule has 0 radical (unpaired) electrons. The zero-order valence-electron chi connectivity index (χ0n) is 13.1. The SMILES string of the molecule is O=C(O)C[C@H](NC(=O)[C@@H]1COc2ccccc2C1)c1ccccc1. The number of amides is 1. The van der Waals surface area contributed by atoms with Crippen LogP contribution in [-0.2, 0) is 16.0 Å². The molecular formula is C19H19NO4. The fourth-order valence-corrected chi connectivity index (χ4v) is 2.90. The van der Waals surface area contributed by atoms with Crippen molar-refractivity contribution >= 4 is 11.9 Å². The van der Waals surface area contributed by atoms with Crippen LogP contribution in [0.1, 0.15) is 23.6 Å². The number of hydrogen-bond donors (Lipinski definition) is 2. The summed E-state index contributed by atoms with van der Waals surface area (Å²) in [5, 5.41) is 12.0. The van der Waals surface area contributed by atoms with Gasteiger partial charge in [-0.05, 0) is 23.6 Å². The van der Waals surface area contributed by atoms with Crippen molar-refractivity contribution in [1.29, 1.82) is 0 Å². The van der Waals surface area contributed by atoms with Crippen molar-refractivity contribution in [3.8, 4) is 5.75 Å². The minimum Gasteiger partial charge on any atom is -0.492 e. The van der Waals surface area contributed by atoms with Crippen LogP contribution in [0.5, 0.6) is 5.75 Å². The van der Waals surface area contributed by atoms with Crippen LogP contribution in [0.3, 0.4) is 0 Å². The van der Waals surface area contributed by atoms with Crippen LogP contribution in [0.15, 0.2) is 54.6 Å². The zero-order chi connectivity index (χ0) is 16.9. The van der Waals surface area contributed by atoms with E-state index in [4.69, 9.17) is 9.84 Å². The minimum absolute atomic E-state index is 0.153. The fraction of sp³-hybridized carbons (Fsp3) is 0.263. The molecule has 3 rings (SSSR count). The van der Waals surface area contributed by atoms with E-state index in [0.29, 0.717) is 13.0 Å². The third-order valence-corrected chi connectivity index (χ3v) is 4.15. The number of fused-ring (bicyclic) bond motifs is 1. The second-order valence-electron chi connectivity index (χ2n) is 5.89. The summed E-state index contributed by atoms with van der Waals surface area (Å²) in [6.45, 7) is 0.303. The molecule has 2 aromatic carbocycles. The number of hydrogen-bond acceptors (Lipinski definition) is 3. The standard InChI is InChI=1S/C19H19NO4/c21-18(22)11-16(13-6-2-1-3-7-13)20-19(23)15-10-14-8-4-5-9-17(14)24-12-15/h1-9,15-16H,10-12H2,(H,20,23)(H,21,22)/t15-,16-/m0/s1. The molecule has 24 heavy (non-hydrogen) atoms. The molecule has 0 spiro atoms. The van der Waals surface area contributed by atoms with Gasteiger partial charge in [0.1, 0.15) is 12.4 Å². The maximum absolute atomic E-state index is 12.6. The van der Waals surface area contributed by atoms with E-state index in [2.05, 4.69) is 5.32 Å². The molecule has 1 amide bonds. The van der Waals surface area contributed by atoms with Crippen molar-refractivity contribution in [2.45, 2.75) is 18.9 Å². The second kappa shape index (κ2) is 7.17. The van der Waals surface area contributed by atoms with Gasteiger partial charge in [-0.15, -0.1) is 0 Å². The molecule has 1 aliphatic rings. The number of nitrogens with one attached hydrogen (secondary N) is 1. The first-order valence-electron chi connectivity index (χ1n) is 7.91. The Hall–Kier alpha value is -2.82. The molecule has 124 valence electrons. The topological polar surface area (TPSA) is 75.6 Å². The van der Waals surface area contributed by atoms with E-state index >= 15 is 0 Å². The summed E-state index contributed by atoms with van der Waals surface area (Å²) in [5.41, 5.74) is 1.78. The van der Waals surface area contributed by atoms with Crippen LogP contribution in [0.25, 0.3) is 0 Å². The summed E-state index contributed by atoms with van der Waals surface area (Å²) in [5.74, 6) is -0.638. The lowest BCUT2D eigenvalue weighted by molar-refractivity contribution is -0.138. The van der Waals surface area contributed by atoms with Crippen LogP contribution < -0.4 is 10.1 Å². The Labute approximate surface area is 140 Å². The van der Waals surface area contributed by atoms with Gasteiger partial charge in [0.15, 0.2) is 0 Å². The number of ether oxygens (including phenoxy) is 1. The van der Waals surface area contributed by atoms with E-state index in [-0.39, 0.29) is 18.2 Å². The molecule has 5 heteroatoms. The van der Waals surface area contributed by atoms with Crippen LogP contribution in [-0.4, -0.2) is 23.6 Å². The average molecular weight is 325 g/mol. The maximum Gasteiger partial charge on any atom is 0.305 e. The average Bonchev–Trinajstić information content (AvgIpc) is 2.61. The van der Waals surface area contributed by atoms with Crippen LogP contribution in [0.4, 0.5) is 0 Å². The quantitative estimate of drug-likeness (QED) is 0.886. The maximum atomic E-state index is 12.6. The normalized spacial score (nSPS) is 17.2. The first-order valence-corrected chi connectivity index (χ1v) is 7.91. The van der Waals surface area contributed by atoms with Gasteiger partial charge in [-0.2, -0.15) is 0 Å². The van der Waals surface area contributed by atoms with Gasteiger partial charge >= 0.3 is 5.97 Å². The van der Waals surface area contributed by atoms with Crippen molar-refractivity contribution in [3.63, 3.8) is 0 Å². The molecule has 0 saturated heterocycles. The van der Waals surface area contributed by atoms with Gasteiger partial charge in [-0.3, -0.25) is 9.59 Å². The molecule has 0 aliphatic carbocycles. The van der Waals surface area contributed by atoms with Gasteiger partial charge in [0.2, 0.25) is 5.91 Å². The number of benzene rings is 2. The molecular weight excluding hydrogens is 306 g/mol. The van der Waals surface area contributed by atoms with Crippen LogP contribution in [0, 0.1) is 5.92 Å². The number of rotatable bonds is 5. The van der Waals surface area contributed by atoms with E-state index in [1.54, 1.807) is 0 Å². The zero-order valence-corrected chi connectivity index (χ0v) is 13.1. The summed E-state index contributed by atoms with van der Waals surface area (Å²) >= 11 is 0. The summed E-state index contributed by atoms with van der Waals surface area (Å²) in [6.07, 6.45) is 0.441. The van der Waals surface area contributed by atoms with Gasteiger partial charge in [0, 0.05) is 0 Å². The highest BCUT2D eigenvalue weighted by Gasteiger charge is 2.28. The molecule has 1 heterocycles. The van der Waals surface area contributed by atoms with Crippen molar-refractivity contribution in [2.24, 2.45) is 5.92 Å². The Morgan fingerprint density at radius 2 is 1.83 bits per heavy atom. The van der Waals surface area contributed by atoms with Crippen molar-refractivity contribution in [2.75, 3.05) is 6.61 Å². The Morgan fingerprint density at radius 3 is 2.58 bits per heavy atom. The van der Waals surface area contributed by atoms with E-state index in [1.165, 1.54) is 0 Å². The van der Waals surface area contributed by atoms with E-state index in [1.807, 2.05) is 54.6 Å². The first-order chi connectivity index (χ1) is 11.6. The van der Waals surface area contributed by atoms with E-state index < -0.39 is 12.0 Å². The monoisotopic (exact) mass is 325 g/mol. The highest BCUT2D eigenvalue weighted by molar-refractivity contribution is 5.81. The third kappa shape index (κ3) is 3.74. The van der Waals surface area contributed by atoms with Crippen LogP contribution in [0.2, 0.25) is 0 Å². The molecule has 0 saturated carbocycles. The lowest BCUT2D eigenvalue weighted by atomic mass is 9.95. The Kier molecular flexibility index (Phi) is 4.79. The molecule has 0 aromatic heterocycles. The Bertz CT molecular complexity index is 729. The molecule has 2 atom stereocenters. The second-order valence-corrected chi connectivity index (χ2v) is 5.89. The summed E-state index contributed by atoms with van der Waals surface area (Å²) in [7, 11) is 0. The molecule has 0 unspecified atom stereocenters. The largest absolute Gasteiger partial charge is 0.492 e. The predicted octanol–water partition coefficient (Wildman–Crippen LogP) is 2.57. The number of carboxylic acid groups (broad SMARTS) is 1. The van der Waals surface area contributed by atoms with Crippen molar-refractivity contribution < 1.29 is 19.4 Å². The van der Waals surface area contributed by atoms with Gasteiger partial charge in [0.05, 0.1) is 18.4 Å². The number of aliphatic carboxylic acids is 1. The van der Waals surface area contributed by atoms with Gasteiger partial charge in [-0.25, -0.2) is 0 Å². The van der Waals surface area contributed by atoms with Crippen molar-refractivity contribution in [3.05, 3.63) is 65.7 Å². The lowest BCUT2D eigenvalue weighted by Crippen LogP contribution is -2.39. The van der Waals surface area contributed by atoms with Gasteiger partial charge in [0.25, 0.3) is 0 Å². The minimum atomic E-state index is -0.950. The molecule has 0 bridgehead atoms. The number of carbonyl (C=O) groups is 2. The van der Waals surface area contributed by atoms with E-state index in [9.17, 15) is 9.59 Å². The third-order valence-electron chi connectivity index (χ3n) is 4.15. The molecule has 2 aromatic rings. The molecule has 0 fully saturated rings. The lowest BCUT2D eigenvalue weighted by Gasteiger charge is -2.26. The van der Waals surface area contributed by atoms with E-state index in [0.717, 1.165) is 16.9 Å². The fourth-order valence-electron chi connectivity index (χ4n) is 2.90. The molecule has 5 nitrogen and oxygen atoms in total. The van der Waals surface area contributed by atoms with Gasteiger partial charge < -0.3 is 15.2 Å². The van der Waals surface area contributed by atoms with Crippen molar-refractivity contribution in [1.82, 2.24) is 5.32 Å². The number of carboxylic acids is 1. The number of carbonyl (C=O) groups excluding carboxylic acids is 1.